The normalized spacial score (nSPS) is 10.7. The Morgan fingerprint density at radius 3 is 2.59 bits per heavy atom. The van der Waals surface area contributed by atoms with Crippen LogP contribution in [-0.2, 0) is 0 Å². The molecule has 0 aliphatic carbocycles. The zero-order chi connectivity index (χ0) is 12.1. The van der Waals surface area contributed by atoms with Gasteiger partial charge in [0.15, 0.2) is 0 Å². The average molecular weight is 293 g/mol. The number of hydrogen-bond acceptors (Lipinski definition) is 2. The highest BCUT2D eigenvalue weighted by Crippen LogP contribution is 2.15. The van der Waals surface area contributed by atoms with Gasteiger partial charge in [-0.2, -0.15) is 5.10 Å². The molecule has 0 amide bonds. The van der Waals surface area contributed by atoms with Crippen molar-refractivity contribution in [2.24, 2.45) is 5.10 Å². The predicted molar refractivity (Wildman–Crippen MR) is 71.8 cm³/mol. The average Bonchev–Trinajstić information content (AvgIpc) is 2.35. The zero-order valence-electron chi connectivity index (χ0n) is 8.90. The number of nitrogens with zero attached hydrogens (tertiary/aromatic N) is 1. The second-order valence-electron chi connectivity index (χ2n) is 3.41. The van der Waals surface area contributed by atoms with Crippen LogP contribution in [0.15, 0.2) is 58.1 Å². The molecule has 2 rings (SSSR count). The van der Waals surface area contributed by atoms with Gasteiger partial charge in [0, 0.05) is 0 Å². The molecular weight excluding hydrogens is 283 g/mol. The number of para-hydroxylation sites is 1. The third-order valence-corrected chi connectivity index (χ3v) is 2.73. The molecule has 0 aromatic heterocycles. The lowest BCUT2D eigenvalue weighted by atomic mass is 10.2. The van der Waals surface area contributed by atoms with Crippen molar-refractivity contribution in [1.29, 1.82) is 0 Å². The zero-order valence-corrected chi connectivity index (χ0v) is 10.5. The van der Waals surface area contributed by atoms with Crippen LogP contribution in [0.4, 0.5) is 10.1 Å². The van der Waals surface area contributed by atoms with Crippen molar-refractivity contribution >= 4 is 27.8 Å². The molecule has 0 saturated carbocycles. The van der Waals surface area contributed by atoms with Crippen LogP contribution in [0.2, 0.25) is 0 Å². The van der Waals surface area contributed by atoms with E-state index in [4.69, 9.17) is 0 Å². The van der Waals surface area contributed by atoms with E-state index in [1.807, 2.05) is 30.3 Å². The minimum Gasteiger partial charge on any atom is -0.279 e. The summed E-state index contributed by atoms with van der Waals surface area (Å²) in [7, 11) is 0. The van der Waals surface area contributed by atoms with E-state index in [0.29, 0.717) is 4.47 Å². The molecule has 4 heteroatoms. The fourth-order valence-corrected chi connectivity index (χ4v) is 1.68. The standard InChI is InChI=1S/C13H10BrFN2/c14-12-8-10(6-7-13(12)15)9-16-17-11-4-2-1-3-5-11/h1-9,17H/b16-9+. The Bertz CT molecular complexity index is 526. The van der Waals surface area contributed by atoms with Crippen molar-refractivity contribution in [3.63, 3.8) is 0 Å². The summed E-state index contributed by atoms with van der Waals surface area (Å²) in [4.78, 5) is 0. The van der Waals surface area contributed by atoms with Crippen LogP contribution in [0.5, 0.6) is 0 Å². The molecule has 0 aliphatic heterocycles. The maximum absolute atomic E-state index is 13.0. The summed E-state index contributed by atoms with van der Waals surface area (Å²) in [5.41, 5.74) is 4.62. The third-order valence-electron chi connectivity index (χ3n) is 2.12. The molecule has 0 aliphatic rings. The van der Waals surface area contributed by atoms with E-state index in [9.17, 15) is 4.39 Å². The monoisotopic (exact) mass is 292 g/mol. The molecule has 17 heavy (non-hydrogen) atoms. The number of halogens is 2. The number of benzene rings is 2. The first-order valence-electron chi connectivity index (χ1n) is 5.05. The van der Waals surface area contributed by atoms with Crippen LogP contribution < -0.4 is 5.43 Å². The molecule has 0 unspecified atom stereocenters. The molecular formula is C13H10BrFN2. The Hall–Kier alpha value is -1.68. The van der Waals surface area contributed by atoms with Crippen LogP contribution in [0.3, 0.4) is 0 Å². The van der Waals surface area contributed by atoms with Crippen molar-refractivity contribution in [2.75, 3.05) is 5.43 Å². The molecule has 0 atom stereocenters. The molecule has 0 radical (unpaired) electrons. The highest BCUT2D eigenvalue weighted by Gasteiger charge is 1.97. The molecule has 0 bridgehead atoms. The topological polar surface area (TPSA) is 24.4 Å². The fourth-order valence-electron chi connectivity index (χ4n) is 1.29. The van der Waals surface area contributed by atoms with Gasteiger partial charge in [-0.25, -0.2) is 4.39 Å². The minimum absolute atomic E-state index is 0.279. The predicted octanol–water partition coefficient (Wildman–Crippen LogP) is 4.03. The van der Waals surface area contributed by atoms with E-state index in [1.54, 1.807) is 18.3 Å². The van der Waals surface area contributed by atoms with E-state index < -0.39 is 0 Å². The Kier molecular flexibility index (Phi) is 3.88. The van der Waals surface area contributed by atoms with Crippen molar-refractivity contribution in [3.05, 3.63) is 64.4 Å². The van der Waals surface area contributed by atoms with Gasteiger partial charge in [0.1, 0.15) is 5.82 Å². The van der Waals surface area contributed by atoms with Crippen molar-refractivity contribution in [2.45, 2.75) is 0 Å². The summed E-state index contributed by atoms with van der Waals surface area (Å²) < 4.78 is 13.4. The first-order chi connectivity index (χ1) is 8.25. The SMILES string of the molecule is Fc1ccc(/C=N/Nc2ccccc2)cc1Br. The van der Waals surface area contributed by atoms with E-state index in [-0.39, 0.29) is 5.82 Å². The Morgan fingerprint density at radius 2 is 1.88 bits per heavy atom. The first-order valence-corrected chi connectivity index (χ1v) is 5.84. The second-order valence-corrected chi connectivity index (χ2v) is 4.26. The summed E-state index contributed by atoms with van der Waals surface area (Å²) in [5, 5.41) is 4.06. The lowest BCUT2D eigenvalue weighted by molar-refractivity contribution is 0.621. The lowest BCUT2D eigenvalue weighted by Gasteiger charge is -1.99. The number of nitrogens with one attached hydrogen (secondary N) is 1. The maximum Gasteiger partial charge on any atom is 0.137 e. The Labute approximate surface area is 107 Å². The minimum atomic E-state index is -0.279. The molecule has 2 aromatic carbocycles. The summed E-state index contributed by atoms with van der Waals surface area (Å²) >= 11 is 3.13. The van der Waals surface area contributed by atoms with Gasteiger partial charge in [-0.3, -0.25) is 5.43 Å². The smallest absolute Gasteiger partial charge is 0.137 e. The number of hydrogen-bond donors (Lipinski definition) is 1. The van der Waals surface area contributed by atoms with Gasteiger partial charge in [-0.15, -0.1) is 0 Å². The number of anilines is 1. The molecule has 0 saturated heterocycles. The van der Waals surface area contributed by atoms with Gasteiger partial charge < -0.3 is 0 Å². The van der Waals surface area contributed by atoms with Gasteiger partial charge in [-0.05, 0) is 45.8 Å². The van der Waals surface area contributed by atoms with Gasteiger partial charge >= 0.3 is 0 Å². The van der Waals surface area contributed by atoms with Crippen LogP contribution in [0.25, 0.3) is 0 Å². The summed E-state index contributed by atoms with van der Waals surface area (Å²) in [6.45, 7) is 0. The van der Waals surface area contributed by atoms with Crippen molar-refractivity contribution < 1.29 is 4.39 Å². The summed E-state index contributed by atoms with van der Waals surface area (Å²) in [6.07, 6.45) is 1.64. The fraction of sp³-hybridized carbons (Fsp3) is 0. The van der Waals surface area contributed by atoms with Gasteiger partial charge in [0.25, 0.3) is 0 Å². The number of rotatable bonds is 3. The molecule has 86 valence electrons. The van der Waals surface area contributed by atoms with Gasteiger partial charge in [-0.1, -0.05) is 24.3 Å². The van der Waals surface area contributed by atoms with Gasteiger partial charge in [0.05, 0.1) is 16.4 Å². The van der Waals surface area contributed by atoms with Gasteiger partial charge in [0.2, 0.25) is 0 Å². The molecule has 0 heterocycles. The summed E-state index contributed by atoms with van der Waals surface area (Å²) in [5.74, 6) is -0.279. The Morgan fingerprint density at radius 1 is 1.12 bits per heavy atom. The second kappa shape index (κ2) is 5.59. The van der Waals surface area contributed by atoms with E-state index >= 15 is 0 Å². The lowest BCUT2D eigenvalue weighted by Crippen LogP contribution is -1.90. The first kappa shape index (κ1) is 11.8. The summed E-state index contributed by atoms with van der Waals surface area (Å²) in [6, 6.07) is 14.3. The highest BCUT2D eigenvalue weighted by atomic mass is 79.9. The maximum atomic E-state index is 13.0. The van der Waals surface area contributed by atoms with Crippen LogP contribution in [0.1, 0.15) is 5.56 Å². The molecule has 2 aromatic rings. The van der Waals surface area contributed by atoms with Crippen molar-refractivity contribution in [1.82, 2.24) is 0 Å². The molecule has 0 spiro atoms. The quantitative estimate of drug-likeness (QED) is 0.670. The Balaban J connectivity index is 2.03. The molecule has 0 fully saturated rings. The largest absolute Gasteiger partial charge is 0.279 e. The number of hydrazone groups is 1. The molecule has 2 nitrogen and oxygen atoms in total. The van der Waals surface area contributed by atoms with Crippen LogP contribution in [0, 0.1) is 5.82 Å². The van der Waals surface area contributed by atoms with E-state index in [0.717, 1.165) is 11.3 Å². The van der Waals surface area contributed by atoms with Crippen LogP contribution >= 0.6 is 15.9 Å². The molecule has 1 N–H and O–H groups in total. The van der Waals surface area contributed by atoms with E-state index in [2.05, 4.69) is 26.5 Å². The third kappa shape index (κ3) is 3.39. The highest BCUT2D eigenvalue weighted by molar-refractivity contribution is 9.10. The van der Waals surface area contributed by atoms with Crippen molar-refractivity contribution in [3.8, 4) is 0 Å². The van der Waals surface area contributed by atoms with Crippen LogP contribution in [-0.4, -0.2) is 6.21 Å². The van der Waals surface area contributed by atoms with E-state index in [1.165, 1.54) is 6.07 Å².